The molecule has 0 atom stereocenters. The highest BCUT2D eigenvalue weighted by Crippen LogP contribution is 2.27. The Kier molecular flexibility index (Phi) is 4.29. The highest BCUT2D eigenvalue weighted by atomic mass is 79.9. The second-order valence-corrected chi connectivity index (χ2v) is 4.10. The normalized spacial score (nSPS) is 11.2. The van der Waals surface area contributed by atoms with Crippen molar-refractivity contribution in [1.82, 2.24) is 0 Å². The van der Waals surface area contributed by atoms with Crippen LogP contribution in [0.2, 0.25) is 0 Å². The molecule has 0 saturated carbocycles. The van der Waals surface area contributed by atoms with E-state index in [1.807, 2.05) is 0 Å². The number of nitrogens with zero attached hydrogens (tertiary/aromatic N) is 1. The molecule has 0 heterocycles. The molecule has 0 aliphatic carbocycles. The largest absolute Gasteiger partial charge is 0.383 e. The molecule has 1 N–H and O–H groups in total. The lowest BCUT2D eigenvalue weighted by atomic mass is 10.2. The number of hydrogen-bond acceptors (Lipinski definition) is 2. The third-order valence-electron chi connectivity index (χ3n) is 1.93. The number of anilines is 1. The number of halogens is 5. The van der Waals surface area contributed by atoms with Crippen molar-refractivity contribution >= 4 is 27.5 Å². The Bertz CT molecular complexity index is 513. The predicted molar refractivity (Wildman–Crippen MR) is 58.4 cm³/mol. The maximum absolute atomic E-state index is 12.7. The summed E-state index contributed by atoms with van der Waals surface area (Å²) in [5.41, 5.74) is -0.381. The van der Waals surface area contributed by atoms with Gasteiger partial charge in [0.05, 0.1) is 11.3 Å². The third-order valence-corrected chi connectivity index (χ3v) is 2.42. The summed E-state index contributed by atoms with van der Waals surface area (Å²) in [4.78, 5) is 11.0. The van der Waals surface area contributed by atoms with E-state index in [1.54, 1.807) is 11.4 Å². The molecular formula is C10H5BrF4N2O. The number of nitriles is 1. The zero-order valence-corrected chi connectivity index (χ0v) is 10.1. The van der Waals surface area contributed by atoms with E-state index in [2.05, 4.69) is 15.9 Å². The molecule has 0 fully saturated rings. The van der Waals surface area contributed by atoms with Crippen LogP contribution < -0.4 is 5.32 Å². The van der Waals surface area contributed by atoms with Gasteiger partial charge >= 0.3 is 18.3 Å². The number of hydrogen-bond donors (Lipinski definition) is 1. The molecule has 0 aliphatic rings. The van der Waals surface area contributed by atoms with Gasteiger partial charge in [0.25, 0.3) is 0 Å². The third kappa shape index (κ3) is 2.98. The van der Waals surface area contributed by atoms with E-state index < -0.39 is 18.3 Å². The SMILES string of the molecule is N#Cc1ccc(Br)cc1NC(=O)C(F)(F)C(F)F. The molecule has 0 aliphatic heterocycles. The molecule has 8 heteroatoms. The summed E-state index contributed by atoms with van der Waals surface area (Å²) in [5, 5.41) is 10.3. The number of nitrogens with one attached hydrogen (secondary N) is 1. The van der Waals surface area contributed by atoms with Gasteiger partial charge in [0.1, 0.15) is 6.07 Å². The van der Waals surface area contributed by atoms with E-state index >= 15 is 0 Å². The van der Waals surface area contributed by atoms with Gasteiger partial charge < -0.3 is 5.32 Å². The monoisotopic (exact) mass is 324 g/mol. The van der Waals surface area contributed by atoms with Crippen LogP contribution in [-0.4, -0.2) is 18.3 Å². The van der Waals surface area contributed by atoms with Gasteiger partial charge in [-0.1, -0.05) is 15.9 Å². The Hall–Kier alpha value is -1.62. The number of alkyl halides is 4. The first kappa shape index (κ1) is 14.4. The minimum atomic E-state index is -4.81. The minimum absolute atomic E-state index is 0.114. The summed E-state index contributed by atoms with van der Waals surface area (Å²) in [5.74, 6) is -6.97. The summed E-state index contributed by atoms with van der Waals surface area (Å²) >= 11 is 3.00. The lowest BCUT2D eigenvalue weighted by molar-refractivity contribution is -0.163. The van der Waals surface area contributed by atoms with Crippen molar-refractivity contribution in [3.63, 3.8) is 0 Å². The molecule has 1 rings (SSSR count). The molecule has 1 amide bonds. The molecule has 0 radical (unpaired) electrons. The highest BCUT2D eigenvalue weighted by molar-refractivity contribution is 9.10. The summed E-state index contributed by atoms with van der Waals surface area (Å²) < 4.78 is 49.7. The van der Waals surface area contributed by atoms with E-state index in [1.165, 1.54) is 12.1 Å². The average molecular weight is 325 g/mol. The number of benzene rings is 1. The van der Waals surface area contributed by atoms with E-state index in [0.29, 0.717) is 4.47 Å². The first-order valence-corrected chi connectivity index (χ1v) is 5.25. The molecule has 18 heavy (non-hydrogen) atoms. The zero-order valence-electron chi connectivity index (χ0n) is 8.55. The summed E-state index contributed by atoms with van der Waals surface area (Å²) in [7, 11) is 0. The van der Waals surface area contributed by atoms with Gasteiger partial charge in [-0.05, 0) is 18.2 Å². The van der Waals surface area contributed by atoms with Gasteiger partial charge in [0, 0.05) is 4.47 Å². The van der Waals surface area contributed by atoms with E-state index in [9.17, 15) is 22.4 Å². The smallest absolute Gasteiger partial charge is 0.319 e. The Labute approximate surface area is 108 Å². The van der Waals surface area contributed by atoms with Crippen LogP contribution in [0, 0.1) is 11.3 Å². The average Bonchev–Trinajstić information content (AvgIpc) is 2.29. The van der Waals surface area contributed by atoms with Crippen LogP contribution in [0.25, 0.3) is 0 Å². The fourth-order valence-corrected chi connectivity index (χ4v) is 1.38. The summed E-state index contributed by atoms with van der Waals surface area (Å²) in [6.07, 6.45) is -4.12. The van der Waals surface area contributed by atoms with Crippen LogP contribution in [0.3, 0.4) is 0 Å². The molecule has 0 bridgehead atoms. The molecule has 0 unspecified atom stereocenters. The van der Waals surface area contributed by atoms with Crippen LogP contribution in [0.4, 0.5) is 23.2 Å². The van der Waals surface area contributed by atoms with Crippen molar-refractivity contribution in [2.45, 2.75) is 12.3 Å². The summed E-state index contributed by atoms with van der Waals surface area (Å²) in [6.45, 7) is 0. The number of rotatable bonds is 3. The number of amides is 1. The Morgan fingerprint density at radius 3 is 2.56 bits per heavy atom. The molecule has 3 nitrogen and oxygen atoms in total. The van der Waals surface area contributed by atoms with Crippen molar-refractivity contribution in [2.24, 2.45) is 0 Å². The molecule has 0 saturated heterocycles. The van der Waals surface area contributed by atoms with Gasteiger partial charge in [0.15, 0.2) is 0 Å². The fraction of sp³-hybridized carbons (Fsp3) is 0.200. The minimum Gasteiger partial charge on any atom is -0.319 e. The van der Waals surface area contributed by atoms with Crippen molar-refractivity contribution in [1.29, 1.82) is 5.26 Å². The van der Waals surface area contributed by atoms with Gasteiger partial charge in [-0.2, -0.15) is 14.0 Å². The van der Waals surface area contributed by atoms with Crippen molar-refractivity contribution < 1.29 is 22.4 Å². The van der Waals surface area contributed by atoms with Crippen molar-refractivity contribution in [3.05, 3.63) is 28.2 Å². The fourth-order valence-electron chi connectivity index (χ4n) is 1.02. The molecule has 1 aromatic carbocycles. The van der Waals surface area contributed by atoms with Gasteiger partial charge in [0.2, 0.25) is 0 Å². The Morgan fingerprint density at radius 2 is 2.06 bits per heavy atom. The maximum atomic E-state index is 12.7. The maximum Gasteiger partial charge on any atom is 0.383 e. The number of carbonyl (C=O) groups excluding carboxylic acids is 1. The van der Waals surface area contributed by atoms with E-state index in [4.69, 9.17) is 5.26 Å². The van der Waals surface area contributed by atoms with Crippen molar-refractivity contribution in [3.8, 4) is 6.07 Å². The molecular weight excluding hydrogens is 320 g/mol. The van der Waals surface area contributed by atoms with Crippen LogP contribution >= 0.6 is 15.9 Å². The van der Waals surface area contributed by atoms with Crippen LogP contribution in [0.15, 0.2) is 22.7 Å². The van der Waals surface area contributed by atoms with Gasteiger partial charge in [-0.15, -0.1) is 0 Å². The zero-order chi connectivity index (χ0) is 13.9. The molecule has 96 valence electrons. The topological polar surface area (TPSA) is 52.9 Å². The molecule has 0 aromatic heterocycles. The van der Waals surface area contributed by atoms with Gasteiger partial charge in [-0.3, -0.25) is 4.79 Å². The van der Waals surface area contributed by atoms with E-state index in [0.717, 1.165) is 6.07 Å². The first-order chi connectivity index (χ1) is 8.28. The van der Waals surface area contributed by atoms with Crippen LogP contribution in [0.5, 0.6) is 0 Å². The standard InChI is InChI=1S/C10H5BrF4N2O/c11-6-2-1-5(4-16)7(3-6)17-9(18)10(14,15)8(12)13/h1-3,8H,(H,17,18). The lowest BCUT2D eigenvalue weighted by Crippen LogP contribution is -2.41. The van der Waals surface area contributed by atoms with Crippen molar-refractivity contribution in [2.75, 3.05) is 5.32 Å². The highest BCUT2D eigenvalue weighted by Gasteiger charge is 2.49. The summed E-state index contributed by atoms with van der Waals surface area (Å²) in [6, 6.07) is 5.50. The Morgan fingerprint density at radius 1 is 1.44 bits per heavy atom. The second-order valence-electron chi connectivity index (χ2n) is 3.18. The lowest BCUT2D eigenvalue weighted by Gasteiger charge is -2.15. The first-order valence-electron chi connectivity index (χ1n) is 4.46. The molecule has 0 spiro atoms. The van der Waals surface area contributed by atoms with E-state index in [-0.39, 0.29) is 11.3 Å². The van der Waals surface area contributed by atoms with Crippen LogP contribution in [-0.2, 0) is 4.79 Å². The predicted octanol–water partition coefficient (Wildman–Crippen LogP) is 3.16. The van der Waals surface area contributed by atoms with Gasteiger partial charge in [-0.25, -0.2) is 8.78 Å². The Balaban J connectivity index is 3.02. The van der Waals surface area contributed by atoms with Crippen LogP contribution in [0.1, 0.15) is 5.56 Å². The molecule has 1 aromatic rings. The quantitative estimate of drug-likeness (QED) is 0.868. The number of carbonyl (C=O) groups is 1. The second kappa shape index (κ2) is 5.35.